The summed E-state index contributed by atoms with van der Waals surface area (Å²) in [7, 11) is 3.52. The van der Waals surface area contributed by atoms with Crippen LogP contribution in [0.3, 0.4) is 0 Å². The summed E-state index contributed by atoms with van der Waals surface area (Å²) in [5, 5.41) is 0. The molecule has 0 unspecified atom stereocenters. The topological polar surface area (TPSA) is 36.9 Å². The fourth-order valence-electron chi connectivity index (χ4n) is 3.06. The summed E-state index contributed by atoms with van der Waals surface area (Å²) in [4.78, 5) is 0. The maximum absolute atomic E-state index is 5.24. The molecule has 2 aromatic carbocycles. The largest absolute Gasteiger partial charge is 0.398 e. The average molecular weight is 479 g/mol. The van der Waals surface area contributed by atoms with Gasteiger partial charge in [0.05, 0.1) is 0 Å². The van der Waals surface area contributed by atoms with E-state index in [2.05, 4.69) is 87.6 Å². The van der Waals surface area contributed by atoms with E-state index in [9.17, 15) is 0 Å². The second-order valence-electron chi connectivity index (χ2n) is 8.06. The molecule has 0 atom stereocenters. The van der Waals surface area contributed by atoms with Crippen molar-refractivity contribution in [2.75, 3.05) is 28.4 Å². The number of hydrogen-bond acceptors (Lipinski definition) is 4. The van der Waals surface area contributed by atoms with Gasteiger partial charge >= 0.3 is 17.1 Å². The van der Waals surface area contributed by atoms with Gasteiger partial charge in [-0.2, -0.15) is 0 Å². The molecule has 0 aromatic heterocycles. The first-order valence-corrected chi connectivity index (χ1v) is 16.6. The first-order chi connectivity index (χ1) is 15.3. The highest BCUT2D eigenvalue weighted by atomic mass is 28.4. The van der Waals surface area contributed by atoms with E-state index < -0.39 is 17.1 Å². The van der Waals surface area contributed by atoms with Gasteiger partial charge in [0.15, 0.2) is 0 Å². The van der Waals surface area contributed by atoms with E-state index >= 15 is 0 Å². The van der Waals surface area contributed by atoms with E-state index in [4.69, 9.17) is 17.7 Å². The third-order valence-electron chi connectivity index (χ3n) is 5.52. The Kier molecular flexibility index (Phi) is 17.4. The summed E-state index contributed by atoms with van der Waals surface area (Å²) in [6.45, 7) is 8.44. The van der Waals surface area contributed by atoms with Crippen molar-refractivity contribution in [3.05, 3.63) is 71.8 Å². The summed E-state index contributed by atoms with van der Waals surface area (Å²) in [6.07, 6.45) is 4.55. The Labute approximate surface area is 199 Å². The van der Waals surface area contributed by atoms with Crippen molar-refractivity contribution in [1.29, 1.82) is 0 Å². The second-order valence-corrected chi connectivity index (χ2v) is 15.2. The zero-order valence-corrected chi connectivity index (χ0v) is 23.6. The van der Waals surface area contributed by atoms with E-state index in [-0.39, 0.29) is 0 Å². The molecule has 0 saturated carbocycles. The predicted octanol–water partition coefficient (Wildman–Crippen LogP) is 6.99. The Morgan fingerprint density at radius 2 is 0.812 bits per heavy atom. The van der Waals surface area contributed by atoms with Crippen LogP contribution in [0.1, 0.15) is 37.8 Å². The van der Waals surface area contributed by atoms with Gasteiger partial charge in [0, 0.05) is 28.4 Å². The van der Waals surface area contributed by atoms with E-state index in [1.54, 1.807) is 28.4 Å². The number of aryl methyl sites for hydroxylation is 2. The van der Waals surface area contributed by atoms with Crippen LogP contribution in [0.15, 0.2) is 60.7 Å². The molecular weight excluding hydrogens is 432 g/mol. The lowest BCUT2D eigenvalue weighted by Crippen LogP contribution is -2.35. The van der Waals surface area contributed by atoms with Crippen LogP contribution >= 0.6 is 0 Å². The average Bonchev–Trinajstić information content (AvgIpc) is 2.85. The maximum Gasteiger partial charge on any atom is 0.334 e. The predicted molar refractivity (Wildman–Crippen MR) is 142 cm³/mol. The quantitative estimate of drug-likeness (QED) is 0.326. The molecular formula is C26H46O4Si2. The SMILES string of the molecule is CCC[Si](C)(OC)OC.CCC[Si](C)(OC)OC.c1ccc(CCc2ccccc2)cc1. The molecule has 0 fully saturated rings. The Morgan fingerprint density at radius 3 is 1.00 bits per heavy atom. The van der Waals surface area contributed by atoms with Crippen molar-refractivity contribution >= 4 is 17.1 Å². The summed E-state index contributed by atoms with van der Waals surface area (Å²) in [5.41, 5.74) is 2.83. The van der Waals surface area contributed by atoms with Crippen LogP contribution < -0.4 is 0 Å². The Hall–Kier alpha value is -1.29. The van der Waals surface area contributed by atoms with Gasteiger partial charge in [0.2, 0.25) is 0 Å². The van der Waals surface area contributed by atoms with Gasteiger partial charge in [-0.3, -0.25) is 0 Å². The standard InChI is InChI=1S/C14H14.2C6H16O2Si/c1-3-7-13(8-4-1)11-12-14-9-5-2-6-10-14;2*1-5-6-9(4,7-2)8-3/h1-10H,11-12H2;2*5-6H2,1-4H3. The first-order valence-electron chi connectivity index (χ1n) is 11.6. The van der Waals surface area contributed by atoms with Crippen LogP contribution in [-0.2, 0) is 30.5 Å². The van der Waals surface area contributed by atoms with Crippen LogP contribution in [0.4, 0.5) is 0 Å². The Balaban J connectivity index is 0.000000474. The second kappa shape index (κ2) is 18.2. The van der Waals surface area contributed by atoms with Gasteiger partial charge in [-0.05, 0) is 49.2 Å². The molecule has 0 N–H and O–H groups in total. The highest BCUT2D eigenvalue weighted by Gasteiger charge is 2.27. The lowest BCUT2D eigenvalue weighted by atomic mass is 10.0. The first kappa shape index (κ1) is 30.7. The van der Waals surface area contributed by atoms with Crippen molar-refractivity contribution in [2.45, 2.75) is 64.7 Å². The van der Waals surface area contributed by atoms with Gasteiger partial charge in [-0.15, -0.1) is 0 Å². The van der Waals surface area contributed by atoms with Crippen LogP contribution in [0.2, 0.25) is 25.2 Å². The van der Waals surface area contributed by atoms with Crippen molar-refractivity contribution in [3.8, 4) is 0 Å². The van der Waals surface area contributed by atoms with Crippen molar-refractivity contribution in [3.63, 3.8) is 0 Å². The molecule has 0 spiro atoms. The maximum atomic E-state index is 5.24. The summed E-state index contributed by atoms with van der Waals surface area (Å²) >= 11 is 0. The zero-order valence-electron chi connectivity index (χ0n) is 21.6. The van der Waals surface area contributed by atoms with Crippen molar-refractivity contribution in [2.24, 2.45) is 0 Å². The molecule has 0 heterocycles. The third kappa shape index (κ3) is 14.0. The van der Waals surface area contributed by atoms with Crippen molar-refractivity contribution in [1.82, 2.24) is 0 Å². The number of rotatable bonds is 11. The highest BCUT2D eigenvalue weighted by Crippen LogP contribution is 2.13. The molecule has 2 aromatic rings. The van der Waals surface area contributed by atoms with Gasteiger partial charge in [0.25, 0.3) is 0 Å². The van der Waals surface area contributed by atoms with Gasteiger partial charge in [-0.25, -0.2) is 0 Å². The van der Waals surface area contributed by atoms with Gasteiger partial charge in [-0.1, -0.05) is 87.4 Å². The number of hydrogen-bond donors (Lipinski definition) is 0. The minimum atomic E-state index is -1.70. The molecule has 0 aliphatic heterocycles. The molecule has 32 heavy (non-hydrogen) atoms. The normalized spacial score (nSPS) is 11.1. The summed E-state index contributed by atoms with van der Waals surface area (Å²) in [5.74, 6) is 0. The van der Waals surface area contributed by atoms with E-state index in [0.29, 0.717) is 0 Å². The van der Waals surface area contributed by atoms with Gasteiger partial charge < -0.3 is 17.7 Å². The molecule has 4 nitrogen and oxygen atoms in total. The lowest BCUT2D eigenvalue weighted by molar-refractivity contribution is 0.248. The number of benzene rings is 2. The Morgan fingerprint density at radius 1 is 0.531 bits per heavy atom. The third-order valence-corrected chi connectivity index (χ3v) is 11.8. The minimum Gasteiger partial charge on any atom is -0.398 e. The molecule has 182 valence electrons. The van der Waals surface area contributed by atoms with Gasteiger partial charge in [0.1, 0.15) is 0 Å². The zero-order chi connectivity index (χ0) is 24.3. The fourth-order valence-corrected chi connectivity index (χ4v) is 6.03. The minimum absolute atomic E-state index is 1.08. The molecule has 0 aliphatic rings. The molecule has 0 aliphatic carbocycles. The Bertz CT molecular complexity index is 601. The van der Waals surface area contributed by atoms with Crippen molar-refractivity contribution < 1.29 is 17.7 Å². The fraction of sp³-hybridized carbons (Fsp3) is 0.538. The summed E-state index contributed by atoms with van der Waals surface area (Å²) < 4.78 is 21.0. The molecule has 2 rings (SSSR count). The molecule has 6 heteroatoms. The monoisotopic (exact) mass is 478 g/mol. The van der Waals surface area contributed by atoms with Crippen LogP contribution in [0.5, 0.6) is 0 Å². The molecule has 0 bridgehead atoms. The van der Waals surface area contributed by atoms with Crippen LogP contribution in [0, 0.1) is 0 Å². The smallest absolute Gasteiger partial charge is 0.334 e. The van der Waals surface area contributed by atoms with E-state index in [1.807, 2.05) is 0 Å². The molecule has 0 amide bonds. The van der Waals surface area contributed by atoms with E-state index in [0.717, 1.165) is 37.8 Å². The lowest BCUT2D eigenvalue weighted by Gasteiger charge is -2.21. The highest BCUT2D eigenvalue weighted by molar-refractivity contribution is 6.66. The van der Waals surface area contributed by atoms with Crippen LogP contribution in [0.25, 0.3) is 0 Å². The molecule has 0 radical (unpaired) electrons. The summed E-state index contributed by atoms with van der Waals surface area (Å²) in [6, 6.07) is 23.4. The molecule has 0 saturated heterocycles. The van der Waals surface area contributed by atoms with Crippen LogP contribution in [-0.4, -0.2) is 45.6 Å². The van der Waals surface area contributed by atoms with E-state index in [1.165, 1.54) is 11.1 Å².